The van der Waals surface area contributed by atoms with Gasteiger partial charge in [-0.15, -0.1) is 0 Å². The molecule has 0 atom stereocenters. The molecule has 49 heavy (non-hydrogen) atoms. The zero-order valence-corrected chi connectivity index (χ0v) is 27.9. The molecule has 0 amide bonds. The highest BCUT2D eigenvalue weighted by molar-refractivity contribution is 7.00. The summed E-state index contributed by atoms with van der Waals surface area (Å²) in [6.45, 7) is 10.3. The topological polar surface area (TPSA) is 11.4 Å². The molecule has 1 aromatic heterocycles. The van der Waals surface area contributed by atoms with E-state index in [0.29, 0.717) is 0 Å². The van der Waals surface area contributed by atoms with Crippen molar-refractivity contribution >= 4 is 79.0 Å². The van der Waals surface area contributed by atoms with E-state index in [-0.39, 0.29) is 113 Å². The van der Waals surface area contributed by atoms with Crippen LogP contribution < -0.4 is 26.2 Å². The Morgan fingerprint density at radius 3 is 2.02 bits per heavy atom. The second kappa shape index (κ2) is 9.48. The van der Waals surface area contributed by atoms with E-state index < -0.39 is 114 Å². The molecular weight excluding hydrogens is 593 g/mol. The molecule has 0 unspecified atom stereocenters. The summed E-state index contributed by atoms with van der Waals surface area (Å²) in [5.74, 6) is 0. The van der Waals surface area contributed by atoms with Gasteiger partial charge in [0.05, 0.1) is 54.1 Å². The van der Waals surface area contributed by atoms with E-state index in [4.69, 9.17) is 6.85 Å². The quantitative estimate of drug-likeness (QED) is 0.164. The van der Waals surface area contributed by atoms with Gasteiger partial charge < -0.3 is 14.4 Å². The van der Waals surface area contributed by atoms with Gasteiger partial charge in [-0.2, -0.15) is 0 Å². The second-order valence-electron chi connectivity index (χ2n) is 14.8. The molecule has 7 aromatic rings. The molecule has 0 radical (unpaired) electrons. The Morgan fingerprint density at radius 2 is 1.22 bits per heavy atom. The van der Waals surface area contributed by atoms with Gasteiger partial charge in [0.25, 0.3) is 6.71 Å². The molecule has 0 bridgehead atoms. The van der Waals surface area contributed by atoms with Crippen LogP contribution in [0, 0.1) is 6.92 Å². The van der Waals surface area contributed by atoms with Crippen LogP contribution >= 0.6 is 0 Å². The van der Waals surface area contributed by atoms with Crippen molar-refractivity contribution in [1.82, 2.24) is 4.57 Å². The van der Waals surface area contributed by atoms with Crippen molar-refractivity contribution in [2.24, 2.45) is 0 Å². The van der Waals surface area contributed by atoms with E-state index in [2.05, 4.69) is 0 Å². The number of benzene rings is 6. The van der Waals surface area contributed by atoms with Gasteiger partial charge in [0.15, 0.2) is 0 Å². The molecule has 4 heteroatoms. The van der Waals surface area contributed by atoms with Gasteiger partial charge in [0.2, 0.25) is 0 Å². The molecule has 3 aliphatic rings. The summed E-state index contributed by atoms with van der Waals surface area (Å²) in [6, 6.07) is -10.3. The molecule has 0 saturated carbocycles. The fraction of sp³-hybridized carbons (Fsp3) is 0.200. The number of nitrogens with zero attached hydrogens (tertiary/aromatic N) is 3. The Balaban J connectivity index is 1.55. The summed E-state index contributed by atoms with van der Waals surface area (Å²) in [4.78, 5) is 2.58. The van der Waals surface area contributed by atoms with Crippen molar-refractivity contribution in [2.75, 3.05) is 9.80 Å². The number of aromatic nitrogens is 1. The maximum absolute atomic E-state index is 10.1. The summed E-state index contributed by atoms with van der Waals surface area (Å²) >= 11 is 0. The highest BCUT2D eigenvalue weighted by Crippen LogP contribution is 2.52. The lowest BCUT2D eigenvalue weighted by Crippen LogP contribution is -2.62. The Labute approximate surface area is 316 Å². The van der Waals surface area contributed by atoms with Gasteiger partial charge in [-0.1, -0.05) is 108 Å². The van der Waals surface area contributed by atoms with Crippen molar-refractivity contribution in [3.05, 3.63) is 131 Å². The highest BCUT2D eigenvalue weighted by atomic mass is 15.2. The van der Waals surface area contributed by atoms with Crippen LogP contribution in [0.1, 0.15) is 84.3 Å². The number of hydrogen-bond acceptors (Lipinski definition) is 2. The molecule has 3 aliphatic heterocycles. The summed E-state index contributed by atoms with van der Waals surface area (Å²) in [5, 5.41) is -0.404. The minimum Gasteiger partial charge on any atom is -0.311 e. The first kappa shape index (κ1) is 15.6. The fourth-order valence-corrected chi connectivity index (χ4v) is 7.29. The Bertz CT molecular complexity index is 3620. The Hall–Kier alpha value is -5.22. The van der Waals surface area contributed by atoms with Crippen molar-refractivity contribution in [3.8, 4) is 5.69 Å². The third-order valence-corrected chi connectivity index (χ3v) is 9.54. The Morgan fingerprint density at radius 1 is 0.551 bits per heavy atom. The van der Waals surface area contributed by atoms with Crippen LogP contribution in [0.25, 0.3) is 27.5 Å². The summed E-state index contributed by atoms with van der Waals surface area (Å²) in [6.07, 6.45) is 0. The molecule has 0 aliphatic carbocycles. The van der Waals surface area contributed by atoms with Gasteiger partial charge in [-0.25, -0.2) is 0 Å². The molecule has 0 spiro atoms. The van der Waals surface area contributed by atoms with Gasteiger partial charge in [-0.05, 0) is 99.2 Å². The maximum atomic E-state index is 10.1. The fourth-order valence-electron chi connectivity index (χ4n) is 7.29. The SMILES string of the molecule is [2H]c1c([2H])c2c3c(c1[2H])-n1c4c([2H])c([2H])c([2H])c([2H])c4c4c([2H])c([2H])c([2H])c(c41)N3c1c([2H])c(C)c([2H])c3c1B2c1c([2H])c([2H])c(C(C)(C)C)c([2H])c1N3c1c([2H])c([2H])c([2H])c(C(C)(C)C)c1[2H]. The van der Waals surface area contributed by atoms with Gasteiger partial charge in [0.1, 0.15) is 0 Å². The molecule has 0 N–H and O–H groups in total. The molecule has 10 rings (SSSR count). The van der Waals surface area contributed by atoms with Gasteiger partial charge >= 0.3 is 0 Å². The lowest BCUT2D eigenvalue weighted by atomic mass is 9.33. The number of hydrogen-bond donors (Lipinski definition) is 0. The predicted molar refractivity (Wildman–Crippen MR) is 210 cm³/mol. The number of anilines is 6. The number of para-hydroxylation sites is 3. The third kappa shape index (κ3) is 3.80. The lowest BCUT2D eigenvalue weighted by molar-refractivity contribution is 0.590. The third-order valence-electron chi connectivity index (χ3n) is 9.54. The molecule has 0 fully saturated rings. The van der Waals surface area contributed by atoms with E-state index in [1.54, 1.807) is 41.5 Å². The molecule has 238 valence electrons. The van der Waals surface area contributed by atoms with E-state index in [9.17, 15) is 19.2 Å². The average molecular weight is 653 g/mol. The van der Waals surface area contributed by atoms with Crippen LogP contribution in [-0.2, 0) is 10.8 Å². The van der Waals surface area contributed by atoms with Crippen molar-refractivity contribution < 1.29 is 26.0 Å². The van der Waals surface area contributed by atoms with Crippen LogP contribution in [0.2, 0.25) is 0 Å². The van der Waals surface area contributed by atoms with Crippen molar-refractivity contribution in [3.63, 3.8) is 0 Å². The van der Waals surface area contributed by atoms with Crippen molar-refractivity contribution in [1.29, 1.82) is 0 Å². The largest absolute Gasteiger partial charge is 0.311 e. The summed E-state index contributed by atoms with van der Waals surface area (Å²) in [5.41, 5.74) is -4.09. The minimum atomic E-state index is -1.54. The van der Waals surface area contributed by atoms with Gasteiger partial charge in [-0.3, -0.25) is 0 Å². The first-order valence-corrected chi connectivity index (χ1v) is 16.1. The average Bonchev–Trinajstić information content (AvgIpc) is 3.61. The normalized spacial score (nSPS) is 19.7. The van der Waals surface area contributed by atoms with Crippen molar-refractivity contribution in [2.45, 2.75) is 59.3 Å². The van der Waals surface area contributed by atoms with Crippen LogP contribution in [-0.4, -0.2) is 11.3 Å². The van der Waals surface area contributed by atoms with Gasteiger partial charge in [0, 0.05) is 33.5 Å². The van der Waals surface area contributed by atoms with Crippen LogP contribution in [0.15, 0.2) is 115 Å². The van der Waals surface area contributed by atoms with Crippen LogP contribution in [0.4, 0.5) is 34.1 Å². The highest BCUT2D eigenvalue weighted by Gasteiger charge is 2.46. The standard InChI is InChI=1S/C45H40BN3/c1-27-23-39-41-40(24-27)49-36-19-11-16-32-31-15-8-9-18-35(31)48(42(32)36)37-20-12-17-34(43(37)49)46(41)33-22-21-29(45(5,6)7)26-38(33)47(39)30-14-10-13-28(25-30)44(2,3)4/h8-26H,1-7H3/i8D,9D,10D,11D,12D,13D,14D,15D,16D,17D,18D,19D,20D,21D,22D,23D,24D,25D,26D. The molecule has 0 saturated heterocycles. The van der Waals surface area contributed by atoms with E-state index in [1.807, 2.05) is 0 Å². The van der Waals surface area contributed by atoms with E-state index in [1.165, 1.54) is 21.3 Å². The number of fused-ring (bicyclic) bond motifs is 9. The van der Waals surface area contributed by atoms with Crippen LogP contribution in [0.3, 0.4) is 0 Å². The zero-order valence-electron chi connectivity index (χ0n) is 46.9. The molecule has 6 aromatic carbocycles. The minimum absolute atomic E-state index is 0.0231. The molecular formula is C45H40BN3. The first-order valence-electron chi connectivity index (χ1n) is 25.6. The van der Waals surface area contributed by atoms with E-state index in [0.717, 1.165) is 0 Å². The maximum Gasteiger partial charge on any atom is 0.252 e. The summed E-state index contributed by atoms with van der Waals surface area (Å²) in [7, 11) is 0. The second-order valence-corrected chi connectivity index (χ2v) is 14.8. The van der Waals surface area contributed by atoms with E-state index >= 15 is 0 Å². The number of rotatable bonds is 1. The molecule has 3 nitrogen and oxygen atoms in total. The predicted octanol–water partition coefficient (Wildman–Crippen LogP) is 10.1. The van der Waals surface area contributed by atoms with Crippen LogP contribution in [0.5, 0.6) is 0 Å². The smallest absolute Gasteiger partial charge is 0.252 e. The monoisotopic (exact) mass is 652 g/mol. The lowest BCUT2D eigenvalue weighted by Gasteiger charge is -2.46. The summed E-state index contributed by atoms with van der Waals surface area (Å²) < 4.78 is 181. The first-order chi connectivity index (χ1) is 31.5. The Kier molecular flexibility index (Phi) is 3.01. The molecule has 4 heterocycles. The zero-order chi connectivity index (χ0) is 50.1.